The van der Waals surface area contributed by atoms with Crippen LogP contribution >= 0.6 is 0 Å². The van der Waals surface area contributed by atoms with Crippen LogP contribution in [0.5, 0.6) is 5.88 Å². The highest BCUT2D eigenvalue weighted by Crippen LogP contribution is 2.29. The van der Waals surface area contributed by atoms with Gasteiger partial charge in [0.05, 0.1) is 6.61 Å². The first kappa shape index (κ1) is 9.50. The standard InChI is InChI=1S/C12H17NO/c1-9(2)11-4-3-5-12(13-11)14-8-10-6-7-10/h3-5,9-10H,6-8H2,1-2H3. The van der Waals surface area contributed by atoms with Crippen LogP contribution in [0.25, 0.3) is 0 Å². The van der Waals surface area contributed by atoms with E-state index in [1.165, 1.54) is 12.8 Å². The maximum absolute atomic E-state index is 5.61. The van der Waals surface area contributed by atoms with Crippen LogP contribution in [0.15, 0.2) is 18.2 Å². The van der Waals surface area contributed by atoms with E-state index in [2.05, 4.69) is 24.9 Å². The molecule has 1 aliphatic rings. The topological polar surface area (TPSA) is 22.1 Å². The van der Waals surface area contributed by atoms with Crippen molar-refractivity contribution in [1.82, 2.24) is 4.98 Å². The summed E-state index contributed by atoms with van der Waals surface area (Å²) in [7, 11) is 0. The lowest BCUT2D eigenvalue weighted by Gasteiger charge is -2.07. The van der Waals surface area contributed by atoms with E-state index in [4.69, 9.17) is 4.74 Å². The smallest absolute Gasteiger partial charge is 0.213 e. The fourth-order valence-corrected chi connectivity index (χ4v) is 1.32. The van der Waals surface area contributed by atoms with Gasteiger partial charge in [-0.25, -0.2) is 4.98 Å². The molecule has 2 nitrogen and oxygen atoms in total. The third kappa shape index (κ3) is 2.47. The van der Waals surface area contributed by atoms with Gasteiger partial charge >= 0.3 is 0 Å². The van der Waals surface area contributed by atoms with E-state index >= 15 is 0 Å². The quantitative estimate of drug-likeness (QED) is 0.730. The normalized spacial score (nSPS) is 15.9. The molecule has 1 saturated carbocycles. The molecule has 0 N–H and O–H groups in total. The van der Waals surface area contributed by atoms with Gasteiger partial charge in [0.1, 0.15) is 0 Å². The van der Waals surface area contributed by atoms with Crippen molar-refractivity contribution in [2.24, 2.45) is 5.92 Å². The number of ether oxygens (including phenoxy) is 1. The second-order valence-electron chi connectivity index (χ2n) is 4.31. The summed E-state index contributed by atoms with van der Waals surface area (Å²) in [5.74, 6) is 2.04. The summed E-state index contributed by atoms with van der Waals surface area (Å²) in [5, 5.41) is 0. The Morgan fingerprint density at radius 1 is 1.43 bits per heavy atom. The van der Waals surface area contributed by atoms with Crippen molar-refractivity contribution < 1.29 is 4.74 Å². The van der Waals surface area contributed by atoms with E-state index in [9.17, 15) is 0 Å². The van der Waals surface area contributed by atoms with Crippen LogP contribution in [-0.4, -0.2) is 11.6 Å². The molecule has 14 heavy (non-hydrogen) atoms. The Balaban J connectivity index is 1.97. The van der Waals surface area contributed by atoms with Crippen LogP contribution in [0.4, 0.5) is 0 Å². The molecule has 1 fully saturated rings. The first-order valence-electron chi connectivity index (χ1n) is 5.35. The molecule has 0 saturated heterocycles. The number of pyridine rings is 1. The molecule has 2 heteroatoms. The highest BCUT2D eigenvalue weighted by atomic mass is 16.5. The van der Waals surface area contributed by atoms with Crippen molar-refractivity contribution in [1.29, 1.82) is 0 Å². The number of rotatable bonds is 4. The van der Waals surface area contributed by atoms with Crippen LogP contribution in [-0.2, 0) is 0 Å². The van der Waals surface area contributed by atoms with Crippen molar-refractivity contribution in [3.05, 3.63) is 23.9 Å². The summed E-state index contributed by atoms with van der Waals surface area (Å²) >= 11 is 0. The van der Waals surface area contributed by atoms with Crippen LogP contribution in [0.2, 0.25) is 0 Å². The van der Waals surface area contributed by atoms with Gasteiger partial charge < -0.3 is 4.74 Å². The Labute approximate surface area is 85.3 Å². The lowest BCUT2D eigenvalue weighted by molar-refractivity contribution is 0.287. The number of aromatic nitrogens is 1. The Bertz CT molecular complexity index is 305. The summed E-state index contributed by atoms with van der Waals surface area (Å²) in [5.41, 5.74) is 1.11. The van der Waals surface area contributed by atoms with Crippen molar-refractivity contribution in [3.63, 3.8) is 0 Å². The van der Waals surface area contributed by atoms with Gasteiger partial charge in [0, 0.05) is 11.8 Å². The Morgan fingerprint density at radius 3 is 2.86 bits per heavy atom. The summed E-state index contributed by atoms with van der Waals surface area (Å²) in [4.78, 5) is 4.45. The van der Waals surface area contributed by atoms with Crippen molar-refractivity contribution >= 4 is 0 Å². The minimum Gasteiger partial charge on any atom is -0.477 e. The first-order valence-corrected chi connectivity index (χ1v) is 5.35. The lowest BCUT2D eigenvalue weighted by atomic mass is 10.1. The van der Waals surface area contributed by atoms with Gasteiger partial charge in [-0.1, -0.05) is 19.9 Å². The summed E-state index contributed by atoms with van der Waals surface area (Å²) in [6.07, 6.45) is 2.65. The molecule has 76 valence electrons. The van der Waals surface area contributed by atoms with Crippen molar-refractivity contribution in [2.75, 3.05) is 6.61 Å². The number of nitrogens with zero attached hydrogens (tertiary/aromatic N) is 1. The molecule has 1 aliphatic carbocycles. The Hall–Kier alpha value is -1.05. The minimum absolute atomic E-state index is 0.472. The largest absolute Gasteiger partial charge is 0.477 e. The predicted octanol–water partition coefficient (Wildman–Crippen LogP) is 2.99. The van der Waals surface area contributed by atoms with E-state index < -0.39 is 0 Å². The molecule has 0 amide bonds. The Kier molecular flexibility index (Phi) is 2.71. The molecular weight excluding hydrogens is 174 g/mol. The van der Waals surface area contributed by atoms with Crippen LogP contribution in [0.1, 0.15) is 38.3 Å². The first-order chi connectivity index (χ1) is 6.75. The molecule has 0 aliphatic heterocycles. The average Bonchev–Trinajstić information content (AvgIpc) is 2.99. The Morgan fingerprint density at radius 2 is 2.21 bits per heavy atom. The molecule has 1 aromatic heterocycles. The van der Waals surface area contributed by atoms with Gasteiger partial charge in [0.25, 0.3) is 0 Å². The highest BCUT2D eigenvalue weighted by Gasteiger charge is 2.22. The van der Waals surface area contributed by atoms with Crippen LogP contribution in [0, 0.1) is 5.92 Å². The molecule has 0 atom stereocenters. The molecule has 1 heterocycles. The molecule has 0 radical (unpaired) electrons. The van der Waals surface area contributed by atoms with Gasteiger partial charge in [0.15, 0.2) is 0 Å². The van der Waals surface area contributed by atoms with Gasteiger partial charge in [-0.05, 0) is 30.7 Å². The fourth-order valence-electron chi connectivity index (χ4n) is 1.32. The minimum atomic E-state index is 0.472. The molecular formula is C12H17NO. The van der Waals surface area contributed by atoms with Gasteiger partial charge in [-0.15, -0.1) is 0 Å². The molecule has 0 aromatic carbocycles. The molecule has 2 rings (SSSR count). The second-order valence-corrected chi connectivity index (χ2v) is 4.31. The van der Waals surface area contributed by atoms with Crippen LogP contribution < -0.4 is 4.74 Å². The van der Waals surface area contributed by atoms with Crippen molar-refractivity contribution in [3.8, 4) is 5.88 Å². The zero-order valence-corrected chi connectivity index (χ0v) is 8.86. The zero-order valence-electron chi connectivity index (χ0n) is 8.86. The average molecular weight is 191 g/mol. The van der Waals surface area contributed by atoms with E-state index in [0.29, 0.717) is 5.92 Å². The summed E-state index contributed by atoms with van der Waals surface area (Å²) in [6.45, 7) is 5.13. The zero-order chi connectivity index (χ0) is 9.97. The van der Waals surface area contributed by atoms with E-state index in [1.807, 2.05) is 12.1 Å². The molecule has 1 aromatic rings. The third-order valence-electron chi connectivity index (χ3n) is 2.50. The molecule has 0 bridgehead atoms. The summed E-state index contributed by atoms with van der Waals surface area (Å²) in [6, 6.07) is 6.01. The molecule has 0 spiro atoms. The van der Waals surface area contributed by atoms with E-state index in [0.717, 1.165) is 24.1 Å². The van der Waals surface area contributed by atoms with Crippen LogP contribution in [0.3, 0.4) is 0 Å². The van der Waals surface area contributed by atoms with E-state index in [-0.39, 0.29) is 0 Å². The number of hydrogen-bond donors (Lipinski definition) is 0. The predicted molar refractivity (Wildman–Crippen MR) is 56.5 cm³/mol. The van der Waals surface area contributed by atoms with Gasteiger partial charge in [-0.3, -0.25) is 0 Å². The SMILES string of the molecule is CC(C)c1cccc(OCC2CC2)n1. The monoisotopic (exact) mass is 191 g/mol. The van der Waals surface area contributed by atoms with Gasteiger partial charge in [-0.2, -0.15) is 0 Å². The third-order valence-corrected chi connectivity index (χ3v) is 2.50. The fraction of sp³-hybridized carbons (Fsp3) is 0.583. The highest BCUT2D eigenvalue weighted by molar-refractivity contribution is 5.17. The maximum Gasteiger partial charge on any atom is 0.213 e. The van der Waals surface area contributed by atoms with E-state index in [1.54, 1.807) is 0 Å². The summed E-state index contributed by atoms with van der Waals surface area (Å²) < 4.78 is 5.61. The maximum atomic E-state index is 5.61. The second kappa shape index (κ2) is 3.99. The molecule has 0 unspecified atom stereocenters. The number of hydrogen-bond acceptors (Lipinski definition) is 2. The van der Waals surface area contributed by atoms with Crippen molar-refractivity contribution in [2.45, 2.75) is 32.6 Å². The lowest BCUT2D eigenvalue weighted by Crippen LogP contribution is -2.02. The van der Waals surface area contributed by atoms with Gasteiger partial charge in [0.2, 0.25) is 5.88 Å².